The van der Waals surface area contributed by atoms with E-state index in [1.165, 1.54) is 19.2 Å². The summed E-state index contributed by atoms with van der Waals surface area (Å²) < 4.78 is 5.13. The maximum Gasteiger partial charge on any atom is 0.160 e. The first-order chi connectivity index (χ1) is 12.4. The van der Waals surface area contributed by atoms with Gasteiger partial charge in [-0.2, -0.15) is 0 Å². The highest BCUT2D eigenvalue weighted by Crippen LogP contribution is 2.43. The quantitative estimate of drug-likeness (QED) is 0.830. The average Bonchev–Trinajstić information content (AvgIpc) is 2.60. The summed E-state index contributed by atoms with van der Waals surface area (Å²) in [7, 11) is 1.39. The topological polar surface area (TPSA) is 97.7 Å². The third-order valence-electron chi connectivity index (χ3n) is 5.39. The number of Topliss-reactive ketones (excluding diaryl/α,β-unsaturated/α-hetero) is 4. The van der Waals surface area contributed by atoms with Crippen molar-refractivity contribution in [2.75, 3.05) is 7.11 Å². The Balaban J connectivity index is 2.12. The van der Waals surface area contributed by atoms with Crippen LogP contribution in [0.1, 0.15) is 50.0 Å². The van der Waals surface area contributed by atoms with E-state index in [0.717, 1.165) is 0 Å². The maximum atomic E-state index is 12.6. The van der Waals surface area contributed by atoms with Gasteiger partial charge < -0.3 is 9.84 Å². The fourth-order valence-corrected chi connectivity index (χ4v) is 4.13. The Morgan fingerprint density at radius 1 is 0.885 bits per heavy atom. The van der Waals surface area contributed by atoms with Gasteiger partial charge in [0.15, 0.2) is 11.5 Å². The molecule has 0 heterocycles. The van der Waals surface area contributed by atoms with Gasteiger partial charge >= 0.3 is 0 Å². The summed E-state index contributed by atoms with van der Waals surface area (Å²) >= 11 is 0. The molecule has 0 aliphatic heterocycles. The highest BCUT2D eigenvalue weighted by atomic mass is 16.5. The van der Waals surface area contributed by atoms with Crippen molar-refractivity contribution in [1.29, 1.82) is 0 Å². The zero-order valence-electron chi connectivity index (χ0n) is 14.7. The zero-order valence-corrected chi connectivity index (χ0v) is 14.7. The molecule has 2 aliphatic carbocycles. The van der Waals surface area contributed by atoms with Crippen LogP contribution in [-0.2, 0) is 19.2 Å². The molecule has 2 aliphatic rings. The average molecular weight is 358 g/mol. The van der Waals surface area contributed by atoms with Crippen molar-refractivity contribution in [2.45, 2.75) is 44.4 Å². The Hall–Kier alpha value is -2.50. The maximum absolute atomic E-state index is 12.6. The summed E-state index contributed by atoms with van der Waals surface area (Å²) in [5.41, 5.74) is 0.502. The Morgan fingerprint density at radius 2 is 1.35 bits per heavy atom. The molecule has 3 rings (SSSR count). The van der Waals surface area contributed by atoms with Crippen molar-refractivity contribution < 1.29 is 29.0 Å². The van der Waals surface area contributed by atoms with Crippen LogP contribution in [0.25, 0.3) is 0 Å². The summed E-state index contributed by atoms with van der Waals surface area (Å²) in [5, 5.41) is 9.85. The normalized spacial score (nSPS) is 20.1. The van der Waals surface area contributed by atoms with Gasteiger partial charge in [0.05, 0.1) is 18.9 Å². The van der Waals surface area contributed by atoms with Crippen LogP contribution in [-0.4, -0.2) is 35.3 Å². The van der Waals surface area contributed by atoms with Crippen molar-refractivity contribution in [1.82, 2.24) is 0 Å². The summed E-state index contributed by atoms with van der Waals surface area (Å²) in [4.78, 5) is 50.3. The van der Waals surface area contributed by atoms with E-state index in [2.05, 4.69) is 0 Å². The number of benzene rings is 1. The molecule has 2 fully saturated rings. The second-order valence-electron chi connectivity index (χ2n) is 6.98. The lowest BCUT2D eigenvalue weighted by Crippen LogP contribution is -2.43. The number of phenolic OH excluding ortho intramolecular Hbond substituents is 1. The molecule has 0 aromatic heterocycles. The molecule has 0 atom stereocenters. The van der Waals surface area contributed by atoms with Crippen LogP contribution in [0.3, 0.4) is 0 Å². The highest BCUT2D eigenvalue weighted by molar-refractivity contribution is 6.10. The second-order valence-corrected chi connectivity index (χ2v) is 6.98. The summed E-state index contributed by atoms with van der Waals surface area (Å²) in [6, 6.07) is 4.48. The molecule has 0 radical (unpaired) electrons. The zero-order chi connectivity index (χ0) is 18.8. The molecule has 6 heteroatoms. The van der Waals surface area contributed by atoms with Gasteiger partial charge in [0.1, 0.15) is 23.1 Å². The molecular formula is C20H22O6. The molecule has 0 amide bonds. The third-order valence-corrected chi connectivity index (χ3v) is 5.39. The summed E-state index contributed by atoms with van der Waals surface area (Å²) in [5.74, 6) is -3.59. The molecule has 26 heavy (non-hydrogen) atoms. The number of aromatic hydroxyl groups is 1. The molecule has 1 aromatic carbocycles. The number of carbonyl (C=O) groups is 4. The summed E-state index contributed by atoms with van der Waals surface area (Å²) in [6.45, 7) is 0. The number of hydrogen-bond acceptors (Lipinski definition) is 6. The number of ether oxygens (including phenoxy) is 1. The van der Waals surface area contributed by atoms with Crippen molar-refractivity contribution in [2.24, 2.45) is 11.8 Å². The Kier molecular flexibility index (Phi) is 5.20. The standard InChI is InChI=1S/C20H22O6/c1-26-17-10-11(8-9-12(17)21)18(19-13(22)4-2-5-14(19)23)20-15(24)6-3-7-16(20)25/h8-10,18-21H,2-7H2,1H3. The van der Waals surface area contributed by atoms with Gasteiger partial charge in [-0.1, -0.05) is 6.07 Å². The SMILES string of the molecule is COc1cc(C(C2C(=O)CCCC2=O)C2C(=O)CCCC2=O)ccc1O. The fourth-order valence-electron chi connectivity index (χ4n) is 4.13. The molecule has 138 valence electrons. The van der Waals surface area contributed by atoms with Crippen LogP contribution in [0.5, 0.6) is 11.5 Å². The number of rotatable bonds is 4. The number of ketones is 4. The first-order valence-electron chi connectivity index (χ1n) is 8.91. The van der Waals surface area contributed by atoms with E-state index < -0.39 is 17.8 Å². The van der Waals surface area contributed by atoms with E-state index in [1.54, 1.807) is 6.07 Å². The van der Waals surface area contributed by atoms with E-state index >= 15 is 0 Å². The van der Waals surface area contributed by atoms with Gasteiger partial charge in [0.2, 0.25) is 0 Å². The Morgan fingerprint density at radius 3 is 1.77 bits per heavy atom. The number of hydrogen-bond donors (Lipinski definition) is 1. The van der Waals surface area contributed by atoms with Gasteiger partial charge in [-0.25, -0.2) is 0 Å². The first kappa shape index (κ1) is 18.3. The summed E-state index contributed by atoms with van der Waals surface area (Å²) in [6.07, 6.45) is 2.11. The minimum absolute atomic E-state index is 0.0856. The van der Waals surface area contributed by atoms with Gasteiger partial charge in [-0.05, 0) is 30.5 Å². The van der Waals surface area contributed by atoms with Crippen LogP contribution in [0.4, 0.5) is 0 Å². The molecule has 1 aromatic rings. The predicted molar refractivity (Wildman–Crippen MR) is 92.1 cm³/mol. The minimum Gasteiger partial charge on any atom is -0.504 e. The lowest BCUT2D eigenvalue weighted by Gasteiger charge is -2.34. The van der Waals surface area contributed by atoms with E-state index in [-0.39, 0.29) is 60.3 Å². The van der Waals surface area contributed by atoms with Crippen LogP contribution in [0, 0.1) is 11.8 Å². The lowest BCUT2D eigenvalue weighted by atomic mass is 9.65. The van der Waals surface area contributed by atoms with Gasteiger partial charge in [-0.15, -0.1) is 0 Å². The molecule has 0 unspecified atom stereocenters. The monoisotopic (exact) mass is 358 g/mol. The molecular weight excluding hydrogens is 336 g/mol. The van der Waals surface area contributed by atoms with Crippen LogP contribution < -0.4 is 4.74 Å². The number of phenols is 1. The van der Waals surface area contributed by atoms with Crippen LogP contribution in [0.15, 0.2) is 18.2 Å². The lowest BCUT2D eigenvalue weighted by molar-refractivity contribution is -0.141. The largest absolute Gasteiger partial charge is 0.504 e. The van der Waals surface area contributed by atoms with Crippen molar-refractivity contribution in [3.63, 3.8) is 0 Å². The van der Waals surface area contributed by atoms with E-state index in [0.29, 0.717) is 18.4 Å². The molecule has 0 spiro atoms. The van der Waals surface area contributed by atoms with Gasteiger partial charge in [0.25, 0.3) is 0 Å². The van der Waals surface area contributed by atoms with Gasteiger partial charge in [-0.3, -0.25) is 19.2 Å². The predicted octanol–water partition coefficient (Wildman–Crippen LogP) is 2.36. The Labute approximate surface area is 151 Å². The van der Waals surface area contributed by atoms with E-state index in [4.69, 9.17) is 4.74 Å². The minimum atomic E-state index is -0.992. The van der Waals surface area contributed by atoms with Crippen molar-refractivity contribution in [3.05, 3.63) is 23.8 Å². The molecule has 1 N–H and O–H groups in total. The van der Waals surface area contributed by atoms with E-state index in [9.17, 15) is 24.3 Å². The molecule has 2 saturated carbocycles. The first-order valence-corrected chi connectivity index (χ1v) is 8.91. The van der Waals surface area contributed by atoms with Crippen LogP contribution in [0.2, 0.25) is 0 Å². The van der Waals surface area contributed by atoms with Crippen molar-refractivity contribution in [3.8, 4) is 11.5 Å². The second kappa shape index (κ2) is 7.40. The third kappa shape index (κ3) is 3.28. The van der Waals surface area contributed by atoms with E-state index in [1.807, 2.05) is 0 Å². The van der Waals surface area contributed by atoms with Crippen LogP contribution >= 0.6 is 0 Å². The smallest absolute Gasteiger partial charge is 0.160 e. The molecule has 0 saturated heterocycles. The van der Waals surface area contributed by atoms with Crippen molar-refractivity contribution >= 4 is 23.1 Å². The van der Waals surface area contributed by atoms with Gasteiger partial charge in [0, 0.05) is 31.6 Å². The highest BCUT2D eigenvalue weighted by Gasteiger charge is 2.47. The Bertz CT molecular complexity index is 696. The number of methoxy groups -OCH3 is 1. The molecule has 0 bridgehead atoms. The molecule has 6 nitrogen and oxygen atoms in total. The fraction of sp³-hybridized carbons (Fsp3) is 0.500. The number of carbonyl (C=O) groups excluding carboxylic acids is 4.